The number of pyridine rings is 1. The highest BCUT2D eigenvalue weighted by atomic mass is 35.5. The second kappa shape index (κ2) is 12.2. The van der Waals surface area contributed by atoms with E-state index in [0.717, 1.165) is 16.3 Å². The smallest absolute Gasteiger partial charge is 0.298 e. The summed E-state index contributed by atoms with van der Waals surface area (Å²) >= 11 is 13.7. The molecule has 2 saturated heterocycles. The number of benzene rings is 3. The van der Waals surface area contributed by atoms with E-state index >= 15 is 4.39 Å². The maximum atomic E-state index is 17.2. The number of piperidine rings is 1. The van der Waals surface area contributed by atoms with Crippen molar-refractivity contribution in [3.63, 3.8) is 0 Å². The lowest BCUT2D eigenvalue weighted by Crippen LogP contribution is -2.67. The zero-order chi connectivity index (χ0) is 33.9. The Labute approximate surface area is 288 Å². The third-order valence-electron chi connectivity index (χ3n) is 10.1. The molecule has 1 amide bonds. The first kappa shape index (κ1) is 32.2. The van der Waals surface area contributed by atoms with Gasteiger partial charge in [-0.2, -0.15) is 5.26 Å². The van der Waals surface area contributed by atoms with Gasteiger partial charge in [0.05, 0.1) is 34.9 Å². The SMILES string of the molecule is CC#CC(=O)N1CCC(n2cnc3c(N4CC(C)(N(C)C)C4)nc4c(F)c(-c5cccc6cccc(Cl)c56)c(Cl)cc4c32)C[C@H]1CC#N. The number of rotatable bonds is 5. The molecule has 0 bridgehead atoms. The molecule has 2 fully saturated rings. The molecule has 244 valence electrons. The van der Waals surface area contributed by atoms with Crippen molar-refractivity contribution in [1.29, 1.82) is 5.26 Å². The van der Waals surface area contributed by atoms with Crippen molar-refractivity contribution < 1.29 is 9.18 Å². The predicted molar refractivity (Wildman–Crippen MR) is 190 cm³/mol. The molecule has 2 aliphatic heterocycles. The van der Waals surface area contributed by atoms with Crippen molar-refractivity contribution in [2.45, 2.75) is 50.7 Å². The Morgan fingerprint density at radius 1 is 1.15 bits per heavy atom. The number of likely N-dealkylation sites (N-methyl/N-ethyl adjacent to an activating group) is 1. The number of amides is 1. The maximum Gasteiger partial charge on any atom is 0.298 e. The molecule has 8 nitrogen and oxygen atoms in total. The number of carbonyl (C=O) groups excluding carboxylic acids is 1. The van der Waals surface area contributed by atoms with E-state index in [9.17, 15) is 10.1 Å². The van der Waals surface area contributed by atoms with Gasteiger partial charge in [0.25, 0.3) is 5.91 Å². The van der Waals surface area contributed by atoms with Gasteiger partial charge in [0.15, 0.2) is 11.6 Å². The third kappa shape index (κ3) is 5.13. The van der Waals surface area contributed by atoms with Crippen molar-refractivity contribution in [3.8, 4) is 29.0 Å². The summed E-state index contributed by atoms with van der Waals surface area (Å²) in [5.41, 5.74) is 2.35. The largest absolute Gasteiger partial charge is 0.351 e. The topological polar surface area (TPSA) is 81.3 Å². The molecule has 1 unspecified atom stereocenters. The third-order valence-corrected chi connectivity index (χ3v) is 10.8. The molecule has 3 aromatic carbocycles. The molecule has 5 aromatic rings. The quantitative estimate of drug-likeness (QED) is 0.179. The molecule has 2 atom stereocenters. The van der Waals surface area contributed by atoms with Crippen molar-refractivity contribution in [2.75, 3.05) is 38.6 Å². The van der Waals surface area contributed by atoms with Gasteiger partial charge in [-0.1, -0.05) is 59.5 Å². The number of nitriles is 1. The zero-order valence-electron chi connectivity index (χ0n) is 27.2. The lowest BCUT2D eigenvalue weighted by Gasteiger charge is -2.52. The molecule has 2 aromatic heterocycles. The number of hydrogen-bond donors (Lipinski definition) is 0. The Kier molecular flexibility index (Phi) is 8.20. The van der Waals surface area contributed by atoms with Crippen LogP contribution >= 0.6 is 23.2 Å². The number of imidazole rings is 1. The summed E-state index contributed by atoms with van der Waals surface area (Å²) in [7, 11) is 4.11. The molecule has 4 heterocycles. The average molecular weight is 683 g/mol. The Hall–Kier alpha value is -4.41. The van der Waals surface area contributed by atoms with Crippen molar-refractivity contribution in [1.82, 2.24) is 24.3 Å². The fourth-order valence-corrected chi connectivity index (χ4v) is 7.91. The molecule has 0 saturated carbocycles. The van der Waals surface area contributed by atoms with Crippen LogP contribution in [0.25, 0.3) is 43.8 Å². The van der Waals surface area contributed by atoms with E-state index in [1.807, 2.05) is 30.3 Å². The van der Waals surface area contributed by atoms with Crippen LogP contribution < -0.4 is 4.90 Å². The standard InChI is InChI=1S/C37H34Cl2FN7O/c1-5-8-29(48)46-16-14-24(17-23(46)13-15-41)47-21-42-34-35(47)26-18-28(39)31(25-11-6-9-22-10-7-12-27(38)30(22)25)32(40)33(26)43-36(34)45-19-37(2,20-45)44(3)4/h6-7,9-12,18,21,23-24H,13-14,16-17,19-20H2,1-4H3/t23-,24?/m1/s1. The molecule has 11 heteroatoms. The van der Waals surface area contributed by atoms with Crippen molar-refractivity contribution in [3.05, 3.63) is 64.7 Å². The van der Waals surface area contributed by atoms with Crippen molar-refractivity contribution in [2.24, 2.45) is 0 Å². The minimum absolute atomic E-state index is 0.0693. The molecule has 0 spiro atoms. The number of anilines is 1. The van der Waals surface area contributed by atoms with Crippen LogP contribution in [0.4, 0.5) is 10.2 Å². The summed E-state index contributed by atoms with van der Waals surface area (Å²) in [6.07, 6.45) is 3.11. The van der Waals surface area contributed by atoms with Crippen LogP contribution in [0.5, 0.6) is 0 Å². The number of hydrogen-bond acceptors (Lipinski definition) is 6. The second-order valence-corrected chi connectivity index (χ2v) is 14.0. The predicted octanol–water partition coefficient (Wildman–Crippen LogP) is 7.46. The molecule has 7 rings (SSSR count). The number of fused-ring (bicyclic) bond motifs is 4. The fraction of sp³-hybridized carbons (Fsp3) is 0.351. The van der Waals surface area contributed by atoms with Crippen LogP contribution in [0, 0.1) is 29.0 Å². The summed E-state index contributed by atoms with van der Waals surface area (Å²) in [4.78, 5) is 28.7. The maximum absolute atomic E-state index is 17.2. The normalized spacial score (nSPS) is 19.0. The van der Waals surface area contributed by atoms with E-state index in [1.165, 1.54) is 0 Å². The lowest BCUT2D eigenvalue weighted by molar-refractivity contribution is -0.129. The van der Waals surface area contributed by atoms with Crippen LogP contribution in [0.2, 0.25) is 10.0 Å². The van der Waals surface area contributed by atoms with Gasteiger partial charge in [-0.25, -0.2) is 14.4 Å². The first-order chi connectivity index (χ1) is 23.1. The van der Waals surface area contributed by atoms with Gasteiger partial charge in [-0.05, 0) is 69.8 Å². The fourth-order valence-electron chi connectivity index (χ4n) is 7.33. The summed E-state index contributed by atoms with van der Waals surface area (Å²) in [6, 6.07) is 14.8. The minimum Gasteiger partial charge on any atom is -0.351 e. The average Bonchev–Trinajstić information content (AvgIpc) is 3.49. The van der Waals surface area contributed by atoms with Crippen LogP contribution in [0.3, 0.4) is 0 Å². The summed E-state index contributed by atoms with van der Waals surface area (Å²) < 4.78 is 19.2. The van der Waals surface area contributed by atoms with Gasteiger partial charge in [0.2, 0.25) is 0 Å². The lowest BCUT2D eigenvalue weighted by atomic mass is 9.90. The van der Waals surface area contributed by atoms with E-state index in [1.54, 1.807) is 30.3 Å². The number of halogens is 3. The number of nitrogens with zero attached hydrogens (tertiary/aromatic N) is 7. The van der Waals surface area contributed by atoms with Crippen LogP contribution in [0.1, 0.15) is 39.2 Å². The Bertz CT molecular complexity index is 2220. The Morgan fingerprint density at radius 3 is 2.60 bits per heavy atom. The summed E-state index contributed by atoms with van der Waals surface area (Å²) in [6.45, 7) is 5.66. The molecular formula is C37H34Cl2FN7O. The van der Waals surface area contributed by atoms with Gasteiger partial charge in [0.1, 0.15) is 11.0 Å². The Balaban J connectivity index is 1.43. The number of likely N-dealkylation sites (tertiary alicyclic amines) is 1. The molecule has 0 N–H and O–H groups in total. The highest BCUT2D eigenvalue weighted by molar-refractivity contribution is 6.38. The minimum atomic E-state index is -0.530. The van der Waals surface area contributed by atoms with E-state index in [4.69, 9.17) is 33.2 Å². The van der Waals surface area contributed by atoms with Gasteiger partial charge in [-0.3, -0.25) is 4.79 Å². The second-order valence-electron chi connectivity index (χ2n) is 13.2. The van der Waals surface area contributed by atoms with Gasteiger partial charge in [-0.15, -0.1) is 0 Å². The van der Waals surface area contributed by atoms with Crippen LogP contribution in [-0.2, 0) is 4.79 Å². The highest BCUT2D eigenvalue weighted by Gasteiger charge is 2.43. The van der Waals surface area contributed by atoms with Gasteiger partial charge in [0, 0.05) is 53.1 Å². The summed E-state index contributed by atoms with van der Waals surface area (Å²) in [5, 5.41) is 12.5. The Morgan fingerprint density at radius 2 is 1.90 bits per heavy atom. The van der Waals surface area contributed by atoms with Crippen molar-refractivity contribution >= 4 is 67.6 Å². The van der Waals surface area contributed by atoms with Gasteiger partial charge >= 0.3 is 0 Å². The van der Waals surface area contributed by atoms with E-state index in [0.29, 0.717) is 59.8 Å². The molecule has 48 heavy (non-hydrogen) atoms. The van der Waals surface area contributed by atoms with E-state index < -0.39 is 5.82 Å². The molecule has 0 radical (unpaired) electrons. The highest BCUT2D eigenvalue weighted by Crippen LogP contribution is 2.45. The van der Waals surface area contributed by atoms with E-state index in [2.05, 4.69) is 53.3 Å². The number of carbonyl (C=O) groups is 1. The van der Waals surface area contributed by atoms with Gasteiger partial charge < -0.3 is 19.3 Å². The number of aromatic nitrogens is 3. The first-order valence-corrected chi connectivity index (χ1v) is 16.7. The summed E-state index contributed by atoms with van der Waals surface area (Å²) in [5.74, 6) is 5.11. The van der Waals surface area contributed by atoms with E-state index in [-0.39, 0.29) is 46.1 Å². The van der Waals surface area contributed by atoms with Crippen LogP contribution in [0.15, 0.2) is 48.8 Å². The molecular weight excluding hydrogens is 648 g/mol. The zero-order valence-corrected chi connectivity index (χ0v) is 28.7. The monoisotopic (exact) mass is 681 g/mol. The molecule has 2 aliphatic rings. The molecule has 0 aliphatic carbocycles. The van der Waals surface area contributed by atoms with Crippen LogP contribution in [-0.4, -0.2) is 75.6 Å². The first-order valence-electron chi connectivity index (χ1n) is 15.9.